The Morgan fingerprint density at radius 3 is 2.37 bits per heavy atom. The molecule has 0 aromatic carbocycles. The molecule has 1 aromatic heterocycles. The summed E-state index contributed by atoms with van der Waals surface area (Å²) in [5.74, 6) is 2.06. The van der Waals surface area contributed by atoms with Crippen molar-refractivity contribution < 1.29 is 22.8 Å². The Kier molecular flexibility index (Phi) is 5.57. The van der Waals surface area contributed by atoms with Crippen LogP contribution in [0.4, 0.5) is 13.2 Å². The second-order valence-corrected chi connectivity index (χ2v) is 9.54. The van der Waals surface area contributed by atoms with Crippen molar-refractivity contribution >= 4 is 11.8 Å². The Hall–Kier alpha value is -2.06. The van der Waals surface area contributed by atoms with E-state index in [4.69, 9.17) is 0 Å². The van der Waals surface area contributed by atoms with Gasteiger partial charge >= 0.3 is 6.18 Å². The van der Waals surface area contributed by atoms with Gasteiger partial charge in [-0.1, -0.05) is 0 Å². The minimum absolute atomic E-state index is 0.00909. The van der Waals surface area contributed by atoms with E-state index in [1.807, 2.05) is 0 Å². The zero-order chi connectivity index (χ0) is 21.5. The second-order valence-electron chi connectivity index (χ2n) is 9.54. The summed E-state index contributed by atoms with van der Waals surface area (Å²) in [6, 6.07) is 0. The third-order valence-electron chi connectivity index (χ3n) is 7.10. The minimum Gasteiger partial charge on any atom is -0.355 e. The van der Waals surface area contributed by atoms with Crippen LogP contribution in [0.2, 0.25) is 0 Å². The van der Waals surface area contributed by atoms with E-state index in [0.717, 1.165) is 23.8 Å². The third kappa shape index (κ3) is 4.49. The molecule has 0 unspecified atom stereocenters. The number of alkyl halides is 3. The third-order valence-corrected chi connectivity index (χ3v) is 7.10. The summed E-state index contributed by atoms with van der Waals surface area (Å²) in [6.07, 6.45) is 5.04. The average molecular weight is 426 g/mol. The predicted octanol–water partition coefficient (Wildman–Crippen LogP) is 3.13. The van der Waals surface area contributed by atoms with Crippen LogP contribution in [0.15, 0.2) is 12.4 Å². The number of hydrogen-bond acceptors (Lipinski definition) is 3. The normalized spacial score (nSPS) is 29.8. The fraction of sp³-hybridized carbons (Fsp3) is 0.762. The van der Waals surface area contributed by atoms with Gasteiger partial charge < -0.3 is 14.8 Å². The zero-order valence-electron chi connectivity index (χ0n) is 17.2. The minimum atomic E-state index is -4.35. The van der Waals surface area contributed by atoms with E-state index < -0.39 is 12.7 Å². The molecule has 4 saturated carbocycles. The van der Waals surface area contributed by atoms with Crippen LogP contribution < -0.4 is 5.32 Å². The van der Waals surface area contributed by atoms with E-state index in [9.17, 15) is 22.8 Å². The molecule has 4 aliphatic carbocycles. The van der Waals surface area contributed by atoms with E-state index in [0.29, 0.717) is 17.8 Å². The average Bonchev–Trinajstić information content (AvgIpc) is 3.05. The van der Waals surface area contributed by atoms with Crippen LogP contribution in [0.1, 0.15) is 50.8 Å². The topological polar surface area (TPSA) is 67.2 Å². The lowest BCUT2D eigenvalue weighted by Gasteiger charge is -2.55. The fourth-order valence-corrected chi connectivity index (χ4v) is 6.18. The Bertz CT molecular complexity index is 769. The lowest BCUT2D eigenvalue weighted by atomic mass is 9.49. The van der Waals surface area contributed by atoms with Crippen molar-refractivity contribution in [3.05, 3.63) is 18.2 Å². The van der Waals surface area contributed by atoms with Gasteiger partial charge in [-0.05, 0) is 56.3 Å². The van der Waals surface area contributed by atoms with Gasteiger partial charge in [0.25, 0.3) is 0 Å². The highest BCUT2D eigenvalue weighted by Crippen LogP contribution is 2.60. The summed E-state index contributed by atoms with van der Waals surface area (Å²) in [7, 11) is 1.54. The van der Waals surface area contributed by atoms with E-state index >= 15 is 0 Å². The van der Waals surface area contributed by atoms with Crippen molar-refractivity contribution in [2.24, 2.45) is 23.2 Å². The molecule has 0 saturated heterocycles. The number of aromatic nitrogens is 2. The molecule has 1 heterocycles. The van der Waals surface area contributed by atoms with E-state index in [-0.39, 0.29) is 42.6 Å². The summed E-state index contributed by atoms with van der Waals surface area (Å²) in [4.78, 5) is 30.6. The number of amides is 2. The van der Waals surface area contributed by atoms with Gasteiger partial charge in [0, 0.05) is 37.8 Å². The van der Waals surface area contributed by atoms with Gasteiger partial charge in [-0.15, -0.1) is 0 Å². The highest BCUT2D eigenvalue weighted by molar-refractivity contribution is 5.84. The highest BCUT2D eigenvalue weighted by atomic mass is 19.4. The Labute approximate surface area is 174 Å². The first kappa shape index (κ1) is 21.2. The number of halogens is 3. The summed E-state index contributed by atoms with van der Waals surface area (Å²) >= 11 is 0. The van der Waals surface area contributed by atoms with Crippen molar-refractivity contribution in [2.45, 2.75) is 64.2 Å². The number of rotatable bonds is 7. The molecule has 1 N–H and O–H groups in total. The zero-order valence-corrected chi connectivity index (χ0v) is 17.2. The van der Waals surface area contributed by atoms with Gasteiger partial charge in [0.1, 0.15) is 12.4 Å². The first-order valence-corrected chi connectivity index (χ1v) is 10.7. The molecule has 1 aromatic rings. The van der Waals surface area contributed by atoms with Crippen LogP contribution in [-0.2, 0) is 22.7 Å². The molecule has 4 fully saturated rings. The standard InChI is InChI=1S/C21H29F3N4O2/c1-27(12-17-25-4-5-28(17)13-21(22,23)24)18(29)2-3-26-19(30)20-9-14-6-15(10-20)8-16(7-14)11-20/h4-5,14-16H,2-3,6-13H2,1H3,(H,26,30). The molecule has 30 heavy (non-hydrogen) atoms. The molecule has 0 spiro atoms. The molecule has 0 radical (unpaired) electrons. The van der Waals surface area contributed by atoms with Crippen molar-refractivity contribution in [2.75, 3.05) is 13.6 Å². The Morgan fingerprint density at radius 2 is 1.80 bits per heavy atom. The van der Waals surface area contributed by atoms with Gasteiger partial charge in [0.2, 0.25) is 11.8 Å². The number of hydrogen-bond donors (Lipinski definition) is 1. The Balaban J connectivity index is 1.25. The molecular formula is C21H29F3N4O2. The number of imidazole rings is 1. The van der Waals surface area contributed by atoms with Gasteiger partial charge in [0.15, 0.2) is 0 Å². The molecule has 2 amide bonds. The van der Waals surface area contributed by atoms with Crippen LogP contribution in [-0.4, -0.2) is 46.0 Å². The van der Waals surface area contributed by atoms with Crippen molar-refractivity contribution in [1.29, 1.82) is 0 Å². The molecule has 4 aliphatic rings. The predicted molar refractivity (Wildman–Crippen MR) is 103 cm³/mol. The lowest BCUT2D eigenvalue weighted by Crippen LogP contribution is -2.53. The van der Waals surface area contributed by atoms with E-state index in [2.05, 4.69) is 10.3 Å². The van der Waals surface area contributed by atoms with Crippen molar-refractivity contribution in [3.8, 4) is 0 Å². The van der Waals surface area contributed by atoms with E-state index in [1.54, 1.807) is 0 Å². The summed E-state index contributed by atoms with van der Waals surface area (Å²) < 4.78 is 38.9. The molecule has 0 aliphatic heterocycles. The molecular weight excluding hydrogens is 397 g/mol. The SMILES string of the molecule is CN(Cc1nccn1CC(F)(F)F)C(=O)CCNC(=O)C12CC3CC(CC(C3)C1)C2. The first-order valence-electron chi connectivity index (χ1n) is 10.7. The molecule has 9 heteroatoms. The fourth-order valence-electron chi connectivity index (χ4n) is 6.18. The Morgan fingerprint density at radius 1 is 1.20 bits per heavy atom. The number of carbonyl (C=O) groups excluding carboxylic acids is 2. The highest BCUT2D eigenvalue weighted by Gasteiger charge is 2.54. The maximum Gasteiger partial charge on any atom is 0.406 e. The van der Waals surface area contributed by atoms with Crippen LogP contribution >= 0.6 is 0 Å². The second kappa shape index (κ2) is 7.89. The molecule has 0 atom stereocenters. The summed E-state index contributed by atoms with van der Waals surface area (Å²) in [6.45, 7) is -0.892. The smallest absolute Gasteiger partial charge is 0.355 e. The van der Waals surface area contributed by atoms with Crippen LogP contribution in [0, 0.1) is 23.2 Å². The van der Waals surface area contributed by atoms with Crippen LogP contribution in [0.5, 0.6) is 0 Å². The quantitative estimate of drug-likeness (QED) is 0.729. The lowest BCUT2D eigenvalue weighted by molar-refractivity contribution is -0.146. The van der Waals surface area contributed by atoms with Crippen molar-refractivity contribution in [3.63, 3.8) is 0 Å². The molecule has 166 valence electrons. The maximum atomic E-state index is 12.9. The maximum absolute atomic E-state index is 12.9. The number of nitrogens with zero attached hydrogens (tertiary/aromatic N) is 3. The molecule has 5 rings (SSSR count). The summed E-state index contributed by atoms with van der Waals surface area (Å²) in [5, 5.41) is 2.97. The van der Waals surface area contributed by atoms with E-state index in [1.165, 1.54) is 43.6 Å². The van der Waals surface area contributed by atoms with Crippen molar-refractivity contribution in [1.82, 2.24) is 19.8 Å². The van der Waals surface area contributed by atoms with Gasteiger partial charge in [-0.25, -0.2) is 4.98 Å². The van der Waals surface area contributed by atoms with Gasteiger partial charge in [-0.2, -0.15) is 13.2 Å². The van der Waals surface area contributed by atoms with Gasteiger partial charge in [-0.3, -0.25) is 9.59 Å². The number of nitrogens with one attached hydrogen (secondary N) is 1. The first-order chi connectivity index (χ1) is 14.1. The summed E-state index contributed by atoms with van der Waals surface area (Å²) in [5.41, 5.74) is -0.244. The van der Waals surface area contributed by atoms with Gasteiger partial charge in [0.05, 0.1) is 6.54 Å². The molecule has 4 bridgehead atoms. The van der Waals surface area contributed by atoms with Crippen LogP contribution in [0.25, 0.3) is 0 Å². The van der Waals surface area contributed by atoms with Crippen LogP contribution in [0.3, 0.4) is 0 Å². The number of carbonyl (C=O) groups is 2. The largest absolute Gasteiger partial charge is 0.406 e. The monoisotopic (exact) mass is 426 g/mol. The molecule has 6 nitrogen and oxygen atoms in total.